The van der Waals surface area contributed by atoms with E-state index in [9.17, 15) is 18.0 Å². The Kier molecular flexibility index (Phi) is 3.98. The van der Waals surface area contributed by atoms with Crippen molar-refractivity contribution in [2.24, 2.45) is 0 Å². The van der Waals surface area contributed by atoms with Crippen LogP contribution in [0.4, 0.5) is 10.5 Å². The molecule has 2 aromatic carbocycles. The molecule has 2 aromatic rings. The van der Waals surface area contributed by atoms with Gasteiger partial charge in [-0.2, -0.15) is 0 Å². The molecule has 1 unspecified atom stereocenters. The van der Waals surface area contributed by atoms with Gasteiger partial charge in [0.15, 0.2) is 0 Å². The van der Waals surface area contributed by atoms with Gasteiger partial charge in [0.1, 0.15) is 0 Å². The van der Waals surface area contributed by atoms with Crippen LogP contribution in [0.15, 0.2) is 53.4 Å². The molecule has 0 aromatic heterocycles. The predicted molar refractivity (Wildman–Crippen MR) is 85.8 cm³/mol. The molecule has 0 radical (unpaired) electrons. The fourth-order valence-electron chi connectivity index (χ4n) is 2.30. The Morgan fingerprint density at radius 2 is 1.79 bits per heavy atom. The van der Waals surface area contributed by atoms with Crippen molar-refractivity contribution in [2.45, 2.75) is 17.9 Å². The molecule has 0 saturated carbocycles. The van der Waals surface area contributed by atoms with Gasteiger partial charge in [-0.1, -0.05) is 24.3 Å². The van der Waals surface area contributed by atoms with Crippen molar-refractivity contribution >= 4 is 27.7 Å². The summed E-state index contributed by atoms with van der Waals surface area (Å²) >= 11 is 0. The molecular weight excluding hydrogens is 332 g/mol. The SMILES string of the molecule is Cc1cccc(S(=O)(=O)Nc2ccc(C3OC(=O)NC3=O)cc2)c1. The smallest absolute Gasteiger partial charge is 0.415 e. The quantitative estimate of drug-likeness (QED) is 0.883. The van der Waals surface area contributed by atoms with E-state index in [-0.39, 0.29) is 4.90 Å². The van der Waals surface area contributed by atoms with Gasteiger partial charge in [-0.15, -0.1) is 0 Å². The fourth-order valence-corrected chi connectivity index (χ4v) is 3.46. The molecule has 1 aliphatic rings. The van der Waals surface area contributed by atoms with Crippen molar-refractivity contribution in [3.8, 4) is 0 Å². The number of nitrogens with one attached hydrogen (secondary N) is 2. The van der Waals surface area contributed by atoms with E-state index in [1.54, 1.807) is 12.1 Å². The molecule has 1 saturated heterocycles. The first-order valence-electron chi connectivity index (χ1n) is 7.06. The summed E-state index contributed by atoms with van der Waals surface area (Å²) in [5, 5.41) is 2.03. The van der Waals surface area contributed by atoms with Gasteiger partial charge in [-0.05, 0) is 36.8 Å². The minimum atomic E-state index is -3.70. The van der Waals surface area contributed by atoms with Gasteiger partial charge >= 0.3 is 6.09 Å². The van der Waals surface area contributed by atoms with Gasteiger partial charge in [0.05, 0.1) is 4.90 Å². The summed E-state index contributed by atoms with van der Waals surface area (Å²) in [5.74, 6) is -0.548. The lowest BCUT2D eigenvalue weighted by atomic mass is 10.1. The molecule has 8 heteroatoms. The Morgan fingerprint density at radius 3 is 2.38 bits per heavy atom. The van der Waals surface area contributed by atoms with E-state index in [0.717, 1.165) is 5.56 Å². The first kappa shape index (κ1) is 16.0. The second kappa shape index (κ2) is 5.97. The van der Waals surface area contributed by atoms with E-state index in [2.05, 4.69) is 4.72 Å². The number of ether oxygens (including phenoxy) is 1. The molecule has 24 heavy (non-hydrogen) atoms. The maximum Gasteiger partial charge on any atom is 0.415 e. The van der Waals surface area contributed by atoms with Crippen molar-refractivity contribution in [3.63, 3.8) is 0 Å². The highest BCUT2D eigenvalue weighted by atomic mass is 32.2. The summed E-state index contributed by atoms with van der Waals surface area (Å²) in [6.45, 7) is 1.81. The van der Waals surface area contributed by atoms with Crippen LogP contribution in [-0.4, -0.2) is 20.4 Å². The monoisotopic (exact) mass is 346 g/mol. The van der Waals surface area contributed by atoms with Gasteiger partial charge in [0, 0.05) is 11.3 Å². The van der Waals surface area contributed by atoms with E-state index in [1.165, 1.54) is 30.3 Å². The standard InChI is InChI=1S/C16H14N2O5S/c1-10-3-2-4-13(9-10)24(21,22)18-12-7-5-11(6-8-12)14-15(19)17-16(20)23-14/h2-9,14,18H,1H3,(H,17,19,20). The van der Waals surface area contributed by atoms with Crippen LogP contribution in [-0.2, 0) is 19.6 Å². The number of aryl methyl sites for hydroxylation is 1. The number of alkyl carbamates (subject to hydrolysis) is 1. The summed E-state index contributed by atoms with van der Waals surface area (Å²) in [4.78, 5) is 22.7. The average Bonchev–Trinajstić information content (AvgIpc) is 2.86. The van der Waals surface area contributed by atoms with Crippen LogP contribution in [0.25, 0.3) is 0 Å². The van der Waals surface area contributed by atoms with Crippen LogP contribution in [0.1, 0.15) is 17.2 Å². The highest BCUT2D eigenvalue weighted by Gasteiger charge is 2.33. The zero-order chi connectivity index (χ0) is 17.3. The van der Waals surface area contributed by atoms with E-state index < -0.39 is 28.1 Å². The van der Waals surface area contributed by atoms with Crippen LogP contribution in [0.2, 0.25) is 0 Å². The Hall–Kier alpha value is -2.87. The number of benzene rings is 2. The zero-order valence-electron chi connectivity index (χ0n) is 12.6. The molecule has 1 heterocycles. The molecule has 0 bridgehead atoms. The maximum atomic E-state index is 12.3. The largest absolute Gasteiger partial charge is 0.431 e. The number of hydrogen-bond acceptors (Lipinski definition) is 5. The molecule has 3 rings (SSSR count). The van der Waals surface area contributed by atoms with Gasteiger partial charge in [0.25, 0.3) is 15.9 Å². The third-order valence-corrected chi connectivity index (χ3v) is 4.83. The van der Waals surface area contributed by atoms with Gasteiger partial charge in [-0.3, -0.25) is 14.8 Å². The molecule has 1 atom stereocenters. The topological polar surface area (TPSA) is 102 Å². The number of rotatable bonds is 4. The van der Waals surface area contributed by atoms with Crippen LogP contribution >= 0.6 is 0 Å². The van der Waals surface area contributed by atoms with Crippen LogP contribution in [0.3, 0.4) is 0 Å². The van der Waals surface area contributed by atoms with Crippen LogP contribution in [0, 0.1) is 6.92 Å². The van der Waals surface area contributed by atoms with Crippen molar-refractivity contribution in [1.82, 2.24) is 5.32 Å². The number of carbonyl (C=O) groups is 2. The summed E-state index contributed by atoms with van der Waals surface area (Å²) in [7, 11) is -3.70. The van der Waals surface area contributed by atoms with Crippen molar-refractivity contribution < 1.29 is 22.7 Å². The number of carbonyl (C=O) groups excluding carboxylic acids is 2. The molecule has 7 nitrogen and oxygen atoms in total. The Balaban J connectivity index is 1.79. The summed E-state index contributed by atoms with van der Waals surface area (Å²) in [6.07, 6.45) is -1.81. The van der Waals surface area contributed by atoms with Crippen molar-refractivity contribution in [3.05, 3.63) is 59.7 Å². The zero-order valence-corrected chi connectivity index (χ0v) is 13.5. The summed E-state index contributed by atoms with van der Waals surface area (Å²) < 4.78 is 32.0. The number of hydrogen-bond donors (Lipinski definition) is 2. The minimum Gasteiger partial charge on any atom is -0.431 e. The van der Waals surface area contributed by atoms with E-state index in [0.29, 0.717) is 11.3 Å². The number of anilines is 1. The third-order valence-electron chi connectivity index (χ3n) is 3.45. The average molecular weight is 346 g/mol. The molecule has 124 valence electrons. The van der Waals surface area contributed by atoms with E-state index in [1.807, 2.05) is 18.3 Å². The van der Waals surface area contributed by atoms with E-state index in [4.69, 9.17) is 4.74 Å². The third kappa shape index (κ3) is 3.23. The lowest BCUT2D eigenvalue weighted by molar-refractivity contribution is -0.123. The van der Waals surface area contributed by atoms with E-state index >= 15 is 0 Å². The molecule has 2 N–H and O–H groups in total. The Bertz CT molecular complexity index is 906. The van der Waals surface area contributed by atoms with Crippen LogP contribution < -0.4 is 10.0 Å². The minimum absolute atomic E-state index is 0.163. The Labute approximate surface area is 138 Å². The highest BCUT2D eigenvalue weighted by molar-refractivity contribution is 7.92. The first-order valence-corrected chi connectivity index (χ1v) is 8.54. The van der Waals surface area contributed by atoms with Crippen molar-refractivity contribution in [1.29, 1.82) is 0 Å². The maximum absolute atomic E-state index is 12.3. The molecule has 0 spiro atoms. The van der Waals surface area contributed by atoms with Crippen LogP contribution in [0.5, 0.6) is 0 Å². The molecule has 1 aliphatic heterocycles. The molecular formula is C16H14N2O5S. The number of sulfonamides is 1. The lowest BCUT2D eigenvalue weighted by Crippen LogP contribution is -2.20. The number of cyclic esters (lactones) is 1. The normalized spacial score (nSPS) is 17.3. The highest BCUT2D eigenvalue weighted by Crippen LogP contribution is 2.24. The van der Waals surface area contributed by atoms with Gasteiger partial charge in [0.2, 0.25) is 6.10 Å². The predicted octanol–water partition coefficient (Wildman–Crippen LogP) is 2.10. The van der Waals surface area contributed by atoms with Gasteiger partial charge in [-0.25, -0.2) is 13.2 Å². The molecule has 2 amide bonds. The first-order chi connectivity index (χ1) is 11.3. The van der Waals surface area contributed by atoms with Gasteiger partial charge < -0.3 is 4.74 Å². The molecule has 1 fully saturated rings. The second-order valence-electron chi connectivity index (χ2n) is 5.32. The van der Waals surface area contributed by atoms with Crippen molar-refractivity contribution in [2.75, 3.05) is 4.72 Å². The summed E-state index contributed by atoms with van der Waals surface area (Å²) in [6, 6.07) is 12.6. The Morgan fingerprint density at radius 1 is 1.08 bits per heavy atom. The second-order valence-corrected chi connectivity index (χ2v) is 7.00. The fraction of sp³-hybridized carbons (Fsp3) is 0.125. The molecule has 0 aliphatic carbocycles. The number of imide groups is 1. The lowest BCUT2D eigenvalue weighted by Gasteiger charge is -2.10. The number of amides is 2. The summed E-state index contributed by atoms with van der Waals surface area (Å²) in [5.41, 5.74) is 1.63.